The van der Waals surface area contributed by atoms with Crippen molar-refractivity contribution in [2.24, 2.45) is 5.92 Å². The van der Waals surface area contributed by atoms with E-state index in [0.717, 1.165) is 11.9 Å². The van der Waals surface area contributed by atoms with Gasteiger partial charge in [0.1, 0.15) is 5.60 Å². The Bertz CT molecular complexity index is 732. The van der Waals surface area contributed by atoms with Crippen LogP contribution in [0.1, 0.15) is 45.2 Å². The molecule has 2 atom stereocenters. The number of rotatable bonds is 3. The van der Waals surface area contributed by atoms with Crippen LogP contribution in [0.5, 0.6) is 0 Å². The van der Waals surface area contributed by atoms with Crippen LogP contribution < -0.4 is 0 Å². The normalized spacial score (nSPS) is 18.9. The average Bonchev–Trinajstić information content (AvgIpc) is 2.60. The minimum Gasteiger partial charge on any atom is -0.444 e. The molecule has 0 saturated carbocycles. The van der Waals surface area contributed by atoms with Gasteiger partial charge < -0.3 is 14.5 Å². The van der Waals surface area contributed by atoms with Crippen LogP contribution >= 0.6 is 15.9 Å². The monoisotopic (exact) mass is 478 g/mol. The number of hydrogen-bond donors (Lipinski definition) is 0. The highest BCUT2D eigenvalue weighted by Gasteiger charge is 2.46. The van der Waals surface area contributed by atoms with E-state index in [9.17, 15) is 22.8 Å². The molecule has 0 aliphatic carbocycles. The van der Waals surface area contributed by atoms with Crippen molar-refractivity contribution >= 4 is 27.9 Å². The Morgan fingerprint density at radius 3 is 2.31 bits per heavy atom. The Balaban J connectivity index is 2.17. The summed E-state index contributed by atoms with van der Waals surface area (Å²) in [4.78, 5) is 27.3. The standard InChI is InChI=1S/C20H26BrF3N2O3/c1-19(2,3)29-18(28)26-11-5-6-14(12-26)17(27)25(4)16(20(22,23)24)13-7-9-15(21)10-8-13/h7-10,14,16H,5-6,11-12H2,1-4H3/t14?,16-/m0/s1. The lowest BCUT2D eigenvalue weighted by Crippen LogP contribution is -2.49. The lowest BCUT2D eigenvalue weighted by Gasteiger charge is -2.37. The van der Waals surface area contributed by atoms with Gasteiger partial charge in [-0.25, -0.2) is 4.79 Å². The molecule has 29 heavy (non-hydrogen) atoms. The summed E-state index contributed by atoms with van der Waals surface area (Å²) in [5, 5.41) is 0. The first kappa shape index (κ1) is 23.5. The maximum absolute atomic E-state index is 13.8. The number of carbonyl (C=O) groups is 2. The van der Waals surface area contributed by atoms with Gasteiger partial charge in [0.05, 0.1) is 5.92 Å². The average molecular weight is 479 g/mol. The zero-order chi connectivity index (χ0) is 22.0. The van der Waals surface area contributed by atoms with Crippen LogP contribution in [0, 0.1) is 5.92 Å². The largest absolute Gasteiger partial charge is 0.444 e. The van der Waals surface area contributed by atoms with Gasteiger partial charge in [0.25, 0.3) is 0 Å². The fourth-order valence-electron chi connectivity index (χ4n) is 3.36. The summed E-state index contributed by atoms with van der Waals surface area (Å²) in [5.74, 6) is -1.34. The van der Waals surface area contributed by atoms with Crippen LogP contribution in [-0.2, 0) is 9.53 Å². The molecular weight excluding hydrogens is 453 g/mol. The molecule has 0 spiro atoms. The lowest BCUT2D eigenvalue weighted by atomic mass is 9.95. The quantitative estimate of drug-likeness (QED) is 0.602. The highest BCUT2D eigenvalue weighted by molar-refractivity contribution is 9.10. The van der Waals surface area contributed by atoms with Gasteiger partial charge in [0, 0.05) is 24.6 Å². The number of piperidine rings is 1. The second-order valence-electron chi connectivity index (χ2n) is 8.21. The van der Waals surface area contributed by atoms with Crippen molar-refractivity contribution in [3.8, 4) is 0 Å². The highest BCUT2D eigenvalue weighted by atomic mass is 79.9. The molecule has 1 aromatic rings. The van der Waals surface area contributed by atoms with Crippen molar-refractivity contribution in [2.75, 3.05) is 20.1 Å². The van der Waals surface area contributed by atoms with Crippen molar-refractivity contribution in [1.29, 1.82) is 0 Å². The minimum atomic E-state index is -4.63. The first-order valence-corrected chi connectivity index (χ1v) is 10.2. The third kappa shape index (κ3) is 6.35. The van der Waals surface area contributed by atoms with Crippen LogP contribution in [-0.4, -0.2) is 53.7 Å². The van der Waals surface area contributed by atoms with Crippen LogP contribution in [0.15, 0.2) is 28.7 Å². The molecule has 9 heteroatoms. The molecule has 0 N–H and O–H groups in total. The molecule has 0 radical (unpaired) electrons. The van der Waals surface area contributed by atoms with Crippen molar-refractivity contribution in [3.05, 3.63) is 34.3 Å². The summed E-state index contributed by atoms with van der Waals surface area (Å²) < 4.78 is 47.3. The predicted octanol–water partition coefficient (Wildman–Crippen LogP) is 5.16. The zero-order valence-electron chi connectivity index (χ0n) is 16.9. The third-order valence-corrected chi connectivity index (χ3v) is 5.18. The van der Waals surface area contributed by atoms with E-state index < -0.39 is 35.7 Å². The van der Waals surface area contributed by atoms with Gasteiger partial charge in [0.2, 0.25) is 5.91 Å². The summed E-state index contributed by atoms with van der Waals surface area (Å²) in [6.45, 7) is 5.66. The summed E-state index contributed by atoms with van der Waals surface area (Å²) in [7, 11) is 1.16. The Labute approximate surface area is 177 Å². The Morgan fingerprint density at radius 1 is 1.21 bits per heavy atom. The van der Waals surface area contributed by atoms with E-state index in [1.807, 2.05) is 0 Å². The number of hydrogen-bond acceptors (Lipinski definition) is 3. The Kier molecular flexibility index (Phi) is 7.24. The molecule has 1 unspecified atom stereocenters. The van der Waals surface area contributed by atoms with Crippen molar-refractivity contribution in [1.82, 2.24) is 9.80 Å². The fourth-order valence-corrected chi connectivity index (χ4v) is 3.63. The van der Waals surface area contributed by atoms with Gasteiger partial charge in [-0.15, -0.1) is 0 Å². The Morgan fingerprint density at radius 2 is 1.79 bits per heavy atom. The number of carbonyl (C=O) groups excluding carboxylic acids is 2. The van der Waals surface area contributed by atoms with Gasteiger partial charge in [-0.3, -0.25) is 4.79 Å². The first-order chi connectivity index (χ1) is 13.3. The highest BCUT2D eigenvalue weighted by Crippen LogP contribution is 2.38. The van der Waals surface area contributed by atoms with E-state index >= 15 is 0 Å². The second-order valence-corrected chi connectivity index (χ2v) is 9.13. The second kappa shape index (κ2) is 8.93. The maximum atomic E-state index is 13.8. The van der Waals surface area contributed by atoms with E-state index in [-0.39, 0.29) is 12.1 Å². The number of nitrogens with zero attached hydrogens (tertiary/aromatic N) is 2. The Hall–Kier alpha value is -1.77. The molecule has 2 rings (SSSR count). The van der Waals surface area contributed by atoms with Crippen molar-refractivity contribution in [2.45, 2.75) is 51.4 Å². The fraction of sp³-hybridized carbons (Fsp3) is 0.600. The number of benzene rings is 1. The molecule has 1 aliphatic rings. The van der Waals surface area contributed by atoms with Crippen molar-refractivity contribution < 1.29 is 27.5 Å². The molecule has 2 amide bonds. The molecule has 1 heterocycles. The van der Waals surface area contributed by atoms with Crippen molar-refractivity contribution in [3.63, 3.8) is 0 Å². The molecule has 1 saturated heterocycles. The molecule has 0 aromatic heterocycles. The zero-order valence-corrected chi connectivity index (χ0v) is 18.5. The lowest BCUT2D eigenvalue weighted by molar-refractivity contribution is -0.191. The number of halogens is 4. The smallest absolute Gasteiger partial charge is 0.413 e. The van der Waals surface area contributed by atoms with Crippen LogP contribution in [0.25, 0.3) is 0 Å². The number of likely N-dealkylation sites (tertiary alicyclic amines) is 1. The molecule has 162 valence electrons. The molecule has 1 aliphatic heterocycles. The van der Waals surface area contributed by atoms with Gasteiger partial charge in [-0.1, -0.05) is 28.1 Å². The van der Waals surface area contributed by atoms with Gasteiger partial charge in [-0.2, -0.15) is 13.2 Å². The molecular formula is C20H26BrF3N2O3. The van der Waals surface area contributed by atoms with Gasteiger partial charge in [-0.05, 0) is 51.3 Å². The summed E-state index contributed by atoms with van der Waals surface area (Å²) in [6.07, 6.45) is -4.23. The maximum Gasteiger partial charge on any atom is 0.413 e. The SMILES string of the molecule is CN(C(=O)C1CCCN(C(=O)OC(C)(C)C)C1)[C@@H](c1ccc(Br)cc1)C(F)(F)F. The van der Waals surface area contributed by atoms with Gasteiger partial charge >= 0.3 is 12.3 Å². The number of ether oxygens (including phenoxy) is 1. The summed E-state index contributed by atoms with van der Waals surface area (Å²) >= 11 is 3.20. The van der Waals surface area contributed by atoms with E-state index in [1.54, 1.807) is 20.8 Å². The van der Waals surface area contributed by atoms with E-state index in [1.165, 1.54) is 29.2 Å². The predicted molar refractivity (Wildman–Crippen MR) is 106 cm³/mol. The molecule has 5 nitrogen and oxygen atoms in total. The summed E-state index contributed by atoms with van der Waals surface area (Å²) in [6, 6.07) is 3.66. The van der Waals surface area contributed by atoms with Crippen LogP contribution in [0.2, 0.25) is 0 Å². The minimum absolute atomic E-state index is 0.0173. The van der Waals surface area contributed by atoms with E-state index in [0.29, 0.717) is 23.9 Å². The number of amides is 2. The third-order valence-electron chi connectivity index (χ3n) is 4.65. The topological polar surface area (TPSA) is 49.9 Å². The van der Waals surface area contributed by atoms with E-state index in [4.69, 9.17) is 4.74 Å². The van der Waals surface area contributed by atoms with Crippen LogP contribution in [0.4, 0.5) is 18.0 Å². The van der Waals surface area contributed by atoms with E-state index in [2.05, 4.69) is 15.9 Å². The van der Waals surface area contributed by atoms with Gasteiger partial charge in [0.15, 0.2) is 6.04 Å². The summed E-state index contributed by atoms with van der Waals surface area (Å²) in [5.41, 5.74) is -0.704. The molecule has 1 aromatic carbocycles. The van der Waals surface area contributed by atoms with Crippen LogP contribution in [0.3, 0.4) is 0 Å². The molecule has 0 bridgehead atoms. The number of alkyl halides is 3. The molecule has 1 fully saturated rings. The first-order valence-electron chi connectivity index (χ1n) is 9.36.